The number of rotatable bonds is 5. The molecule has 0 fully saturated rings. The zero-order chi connectivity index (χ0) is 10.4. The molecule has 1 heterocycles. The third kappa shape index (κ3) is 4.20. The van der Waals surface area contributed by atoms with Crippen molar-refractivity contribution in [1.29, 1.82) is 0 Å². The Balaban J connectivity index is 2.39. The van der Waals surface area contributed by atoms with Crippen LogP contribution in [-0.4, -0.2) is 17.6 Å². The van der Waals surface area contributed by atoms with Crippen LogP contribution >= 0.6 is 15.9 Å². The molecule has 0 amide bonds. The van der Waals surface area contributed by atoms with Gasteiger partial charge in [0.1, 0.15) is 0 Å². The van der Waals surface area contributed by atoms with E-state index in [1.54, 1.807) is 0 Å². The van der Waals surface area contributed by atoms with Crippen LogP contribution in [0.5, 0.6) is 0 Å². The van der Waals surface area contributed by atoms with E-state index >= 15 is 0 Å². The molecule has 14 heavy (non-hydrogen) atoms. The van der Waals surface area contributed by atoms with Crippen LogP contribution in [0.25, 0.3) is 0 Å². The van der Waals surface area contributed by atoms with Gasteiger partial charge in [0.2, 0.25) is 0 Å². The van der Waals surface area contributed by atoms with Crippen LogP contribution in [0.4, 0.5) is 0 Å². The molecule has 1 rings (SSSR count). The van der Waals surface area contributed by atoms with Crippen LogP contribution in [0.15, 0.2) is 22.8 Å². The molecular formula is C11H17BrN2. The Bertz CT molecular complexity index is 258. The van der Waals surface area contributed by atoms with E-state index in [2.05, 4.69) is 46.1 Å². The highest BCUT2D eigenvalue weighted by Crippen LogP contribution is 2.08. The Hall–Kier alpha value is -0.410. The van der Waals surface area contributed by atoms with Crippen molar-refractivity contribution in [2.24, 2.45) is 0 Å². The molecule has 0 saturated heterocycles. The predicted octanol–water partition coefficient (Wildman–Crippen LogP) is 2.77. The zero-order valence-electron chi connectivity index (χ0n) is 8.76. The molecule has 1 unspecified atom stereocenters. The molecule has 1 aromatic heterocycles. The minimum atomic E-state index is 0.503. The maximum atomic E-state index is 4.34. The molecule has 0 aliphatic carbocycles. The summed E-state index contributed by atoms with van der Waals surface area (Å²) in [7, 11) is 0. The Morgan fingerprint density at radius 1 is 1.50 bits per heavy atom. The number of nitrogens with one attached hydrogen (secondary N) is 1. The molecule has 2 nitrogen and oxygen atoms in total. The van der Waals surface area contributed by atoms with Gasteiger partial charge in [-0.1, -0.05) is 6.92 Å². The lowest BCUT2D eigenvalue weighted by atomic mass is 10.1. The number of hydrogen-bond acceptors (Lipinski definition) is 2. The van der Waals surface area contributed by atoms with E-state index in [1.807, 2.05) is 12.3 Å². The van der Waals surface area contributed by atoms with E-state index in [1.165, 1.54) is 6.42 Å². The van der Waals surface area contributed by atoms with Crippen molar-refractivity contribution in [2.75, 3.05) is 6.54 Å². The standard InChI is InChI=1S/C11H17BrN2/c1-3-6-13-9(2)7-11-5-4-10(12)8-14-11/h4-5,8-9,13H,3,6-7H2,1-2H3. The van der Waals surface area contributed by atoms with Crippen molar-refractivity contribution >= 4 is 15.9 Å². The van der Waals surface area contributed by atoms with Gasteiger partial charge >= 0.3 is 0 Å². The van der Waals surface area contributed by atoms with Crippen molar-refractivity contribution < 1.29 is 0 Å². The summed E-state index contributed by atoms with van der Waals surface area (Å²) < 4.78 is 1.04. The normalized spacial score (nSPS) is 12.8. The topological polar surface area (TPSA) is 24.9 Å². The molecule has 0 aromatic carbocycles. The van der Waals surface area contributed by atoms with Crippen molar-refractivity contribution in [1.82, 2.24) is 10.3 Å². The first-order valence-corrected chi connectivity index (χ1v) is 5.85. The molecule has 0 saturated carbocycles. The van der Waals surface area contributed by atoms with E-state index < -0.39 is 0 Å². The average Bonchev–Trinajstić information content (AvgIpc) is 2.18. The van der Waals surface area contributed by atoms with Crippen molar-refractivity contribution in [3.63, 3.8) is 0 Å². The maximum Gasteiger partial charge on any atom is 0.0419 e. The molecule has 3 heteroatoms. The molecule has 0 bridgehead atoms. The number of pyridine rings is 1. The molecule has 1 N–H and O–H groups in total. The number of nitrogens with zero attached hydrogens (tertiary/aromatic N) is 1. The summed E-state index contributed by atoms with van der Waals surface area (Å²) in [6.45, 7) is 5.45. The summed E-state index contributed by atoms with van der Waals surface area (Å²) in [4.78, 5) is 4.34. The number of aromatic nitrogens is 1. The van der Waals surface area contributed by atoms with Gasteiger partial charge < -0.3 is 5.32 Å². The lowest BCUT2D eigenvalue weighted by Gasteiger charge is -2.12. The van der Waals surface area contributed by atoms with E-state index in [0.29, 0.717) is 6.04 Å². The zero-order valence-corrected chi connectivity index (χ0v) is 10.3. The third-order valence-corrected chi connectivity index (χ3v) is 2.52. The fourth-order valence-corrected chi connectivity index (χ4v) is 1.54. The summed E-state index contributed by atoms with van der Waals surface area (Å²) in [6, 6.07) is 4.60. The molecule has 1 aromatic rings. The van der Waals surface area contributed by atoms with Crippen molar-refractivity contribution in [3.8, 4) is 0 Å². The second kappa shape index (κ2) is 6.14. The van der Waals surface area contributed by atoms with Gasteiger partial charge in [-0.2, -0.15) is 0 Å². The summed E-state index contributed by atoms with van der Waals surface area (Å²) in [5.74, 6) is 0. The summed E-state index contributed by atoms with van der Waals surface area (Å²) in [5.41, 5.74) is 1.14. The summed E-state index contributed by atoms with van der Waals surface area (Å²) in [6.07, 6.45) is 4.02. The quantitative estimate of drug-likeness (QED) is 0.877. The smallest absolute Gasteiger partial charge is 0.0419 e. The molecular weight excluding hydrogens is 240 g/mol. The van der Waals surface area contributed by atoms with Gasteiger partial charge in [-0.25, -0.2) is 0 Å². The molecule has 0 aliphatic rings. The lowest BCUT2D eigenvalue weighted by Crippen LogP contribution is -2.28. The average molecular weight is 257 g/mol. The second-order valence-corrected chi connectivity index (χ2v) is 4.44. The van der Waals surface area contributed by atoms with Crippen molar-refractivity contribution in [3.05, 3.63) is 28.5 Å². The van der Waals surface area contributed by atoms with Gasteiger partial charge in [-0.3, -0.25) is 4.98 Å². The highest BCUT2D eigenvalue weighted by atomic mass is 79.9. The van der Waals surface area contributed by atoms with Gasteiger partial charge in [-0.05, 0) is 48.0 Å². The highest BCUT2D eigenvalue weighted by Gasteiger charge is 2.02. The molecule has 0 aliphatic heterocycles. The number of halogens is 1. The third-order valence-electron chi connectivity index (χ3n) is 2.05. The Morgan fingerprint density at radius 3 is 2.86 bits per heavy atom. The highest BCUT2D eigenvalue weighted by molar-refractivity contribution is 9.10. The Morgan fingerprint density at radius 2 is 2.29 bits per heavy atom. The molecule has 78 valence electrons. The van der Waals surface area contributed by atoms with Crippen LogP contribution in [-0.2, 0) is 6.42 Å². The van der Waals surface area contributed by atoms with Gasteiger partial charge in [-0.15, -0.1) is 0 Å². The maximum absolute atomic E-state index is 4.34. The van der Waals surface area contributed by atoms with Gasteiger partial charge in [0.25, 0.3) is 0 Å². The lowest BCUT2D eigenvalue weighted by molar-refractivity contribution is 0.538. The van der Waals surface area contributed by atoms with Gasteiger partial charge in [0, 0.05) is 28.8 Å². The van der Waals surface area contributed by atoms with E-state index in [-0.39, 0.29) is 0 Å². The first kappa shape index (κ1) is 11.7. The Labute approximate surface area is 94.3 Å². The predicted molar refractivity (Wildman–Crippen MR) is 63.4 cm³/mol. The number of hydrogen-bond donors (Lipinski definition) is 1. The van der Waals surface area contributed by atoms with Gasteiger partial charge in [0.05, 0.1) is 0 Å². The van der Waals surface area contributed by atoms with Crippen LogP contribution in [0.3, 0.4) is 0 Å². The summed E-state index contributed by atoms with van der Waals surface area (Å²) in [5, 5.41) is 3.44. The fourth-order valence-electron chi connectivity index (χ4n) is 1.30. The van der Waals surface area contributed by atoms with Crippen LogP contribution < -0.4 is 5.32 Å². The first-order valence-electron chi connectivity index (χ1n) is 5.06. The van der Waals surface area contributed by atoms with Crippen LogP contribution in [0, 0.1) is 0 Å². The van der Waals surface area contributed by atoms with Gasteiger partial charge in [0.15, 0.2) is 0 Å². The van der Waals surface area contributed by atoms with E-state index in [4.69, 9.17) is 0 Å². The van der Waals surface area contributed by atoms with E-state index in [9.17, 15) is 0 Å². The fraction of sp³-hybridized carbons (Fsp3) is 0.545. The second-order valence-electron chi connectivity index (χ2n) is 3.53. The van der Waals surface area contributed by atoms with Crippen LogP contribution in [0.1, 0.15) is 26.0 Å². The Kier molecular flexibility index (Phi) is 5.12. The SMILES string of the molecule is CCCNC(C)Cc1ccc(Br)cn1. The van der Waals surface area contributed by atoms with Crippen LogP contribution in [0.2, 0.25) is 0 Å². The van der Waals surface area contributed by atoms with Crippen molar-refractivity contribution in [2.45, 2.75) is 32.7 Å². The minimum absolute atomic E-state index is 0.503. The summed E-state index contributed by atoms with van der Waals surface area (Å²) >= 11 is 3.38. The molecule has 0 radical (unpaired) electrons. The molecule has 1 atom stereocenters. The first-order chi connectivity index (χ1) is 6.72. The largest absolute Gasteiger partial charge is 0.314 e. The van der Waals surface area contributed by atoms with E-state index in [0.717, 1.165) is 23.1 Å². The molecule has 0 spiro atoms. The monoisotopic (exact) mass is 256 g/mol. The minimum Gasteiger partial charge on any atom is -0.314 e.